The van der Waals surface area contributed by atoms with E-state index in [0.717, 1.165) is 18.3 Å². The summed E-state index contributed by atoms with van der Waals surface area (Å²) < 4.78 is 37.0. The number of nitrogens with zero attached hydrogens (tertiary/aromatic N) is 1. The Hall–Kier alpha value is -0.430. The van der Waals surface area contributed by atoms with E-state index < -0.39 is 23.2 Å². The van der Waals surface area contributed by atoms with Crippen molar-refractivity contribution < 1.29 is 18.0 Å². The molecule has 0 aliphatic heterocycles. The van der Waals surface area contributed by atoms with E-state index in [2.05, 4.69) is 20.9 Å². The quantitative estimate of drug-likeness (QED) is 0.606. The molecule has 0 atom stereocenters. The molecule has 1 rings (SSSR count). The maximum atomic E-state index is 12.3. The van der Waals surface area contributed by atoms with Crippen LogP contribution in [0.15, 0.2) is 18.3 Å². The predicted molar refractivity (Wildman–Crippen MR) is 57.7 cm³/mol. The summed E-state index contributed by atoms with van der Waals surface area (Å²) >= 11 is 2.80. The molecule has 15 heavy (non-hydrogen) atoms. The van der Waals surface area contributed by atoms with Gasteiger partial charge in [-0.05, 0) is 12.1 Å². The highest BCUT2D eigenvalue weighted by Gasteiger charge is 2.35. The van der Waals surface area contributed by atoms with Crippen LogP contribution in [0.3, 0.4) is 0 Å². The molecule has 1 aromatic rings. The van der Waals surface area contributed by atoms with Crippen LogP contribution in [0.2, 0.25) is 0 Å². The van der Waals surface area contributed by atoms with Gasteiger partial charge < -0.3 is 0 Å². The Bertz CT molecular complexity index is 354. The molecule has 7 heteroatoms. The molecule has 2 nitrogen and oxygen atoms in total. The topological polar surface area (TPSA) is 30.0 Å². The van der Waals surface area contributed by atoms with Crippen molar-refractivity contribution in [2.24, 2.45) is 0 Å². The number of hydrogen-bond donors (Lipinski definition) is 0. The van der Waals surface area contributed by atoms with Gasteiger partial charge in [-0.2, -0.15) is 13.2 Å². The average molecular weight is 349 g/mol. The SMILES string of the molecule is Br.O=C(CBr)c1ncccc1C(F)(F)F. The molecule has 0 aromatic carbocycles. The maximum absolute atomic E-state index is 12.3. The van der Waals surface area contributed by atoms with Gasteiger partial charge in [0.25, 0.3) is 0 Å². The third-order valence-electron chi connectivity index (χ3n) is 1.50. The van der Waals surface area contributed by atoms with Crippen molar-refractivity contribution in [1.29, 1.82) is 0 Å². The van der Waals surface area contributed by atoms with Crippen LogP contribution in [0.4, 0.5) is 13.2 Å². The van der Waals surface area contributed by atoms with Crippen LogP contribution in [0.1, 0.15) is 16.1 Å². The van der Waals surface area contributed by atoms with Gasteiger partial charge in [0.15, 0.2) is 5.78 Å². The Morgan fingerprint density at radius 3 is 2.53 bits per heavy atom. The van der Waals surface area contributed by atoms with Gasteiger partial charge >= 0.3 is 6.18 Å². The van der Waals surface area contributed by atoms with Crippen molar-refractivity contribution >= 4 is 38.7 Å². The minimum atomic E-state index is -4.54. The number of Topliss-reactive ketones (excluding diaryl/α,β-unsaturated/α-hetero) is 1. The first-order valence-electron chi connectivity index (χ1n) is 3.58. The monoisotopic (exact) mass is 347 g/mol. The van der Waals surface area contributed by atoms with Crippen molar-refractivity contribution in [2.75, 3.05) is 5.33 Å². The fourth-order valence-corrected chi connectivity index (χ4v) is 1.19. The van der Waals surface area contributed by atoms with E-state index in [9.17, 15) is 18.0 Å². The van der Waals surface area contributed by atoms with Crippen molar-refractivity contribution in [3.05, 3.63) is 29.6 Å². The van der Waals surface area contributed by atoms with Crippen LogP contribution in [0.5, 0.6) is 0 Å². The first-order chi connectivity index (χ1) is 6.46. The van der Waals surface area contributed by atoms with Crippen LogP contribution in [0.25, 0.3) is 0 Å². The number of alkyl halides is 4. The zero-order valence-electron chi connectivity index (χ0n) is 7.21. The third kappa shape index (κ3) is 3.57. The normalized spacial score (nSPS) is 10.7. The molecule has 1 aromatic heterocycles. The molecule has 0 N–H and O–H groups in total. The second-order valence-electron chi connectivity index (χ2n) is 2.45. The van der Waals surface area contributed by atoms with Gasteiger partial charge in [-0.3, -0.25) is 9.78 Å². The second-order valence-corrected chi connectivity index (χ2v) is 3.01. The number of hydrogen-bond acceptors (Lipinski definition) is 2. The Kier molecular flexibility index (Phi) is 5.44. The van der Waals surface area contributed by atoms with E-state index in [0.29, 0.717) is 0 Å². The van der Waals surface area contributed by atoms with Crippen molar-refractivity contribution in [1.82, 2.24) is 4.98 Å². The summed E-state index contributed by atoms with van der Waals surface area (Å²) in [5, 5.41) is -0.174. The summed E-state index contributed by atoms with van der Waals surface area (Å²) in [5.74, 6) is -0.682. The van der Waals surface area contributed by atoms with E-state index in [-0.39, 0.29) is 22.3 Å². The summed E-state index contributed by atoms with van der Waals surface area (Å²) in [6, 6.07) is 1.98. The lowest BCUT2D eigenvalue weighted by molar-refractivity contribution is -0.138. The average Bonchev–Trinajstić information content (AvgIpc) is 2.15. The van der Waals surface area contributed by atoms with Crippen LogP contribution >= 0.6 is 32.9 Å². The number of carbonyl (C=O) groups excluding carboxylic acids is 1. The summed E-state index contributed by atoms with van der Waals surface area (Å²) in [6.07, 6.45) is -3.38. The number of carbonyl (C=O) groups is 1. The Labute approximate surface area is 103 Å². The number of pyridine rings is 1. The minimum Gasteiger partial charge on any atom is -0.291 e. The van der Waals surface area contributed by atoms with Crippen LogP contribution in [0, 0.1) is 0 Å². The summed E-state index contributed by atoms with van der Waals surface area (Å²) in [5.41, 5.74) is -1.54. The molecule has 0 unspecified atom stereocenters. The fraction of sp³-hybridized carbons (Fsp3) is 0.250. The third-order valence-corrected chi connectivity index (χ3v) is 2.01. The smallest absolute Gasteiger partial charge is 0.291 e. The van der Waals surface area contributed by atoms with Crippen molar-refractivity contribution in [2.45, 2.75) is 6.18 Å². The fourth-order valence-electron chi connectivity index (χ4n) is 0.920. The first kappa shape index (κ1) is 14.6. The van der Waals surface area contributed by atoms with E-state index in [4.69, 9.17) is 0 Å². The lowest BCUT2D eigenvalue weighted by atomic mass is 10.1. The van der Waals surface area contributed by atoms with Crippen molar-refractivity contribution in [3.63, 3.8) is 0 Å². The molecule has 0 bridgehead atoms. The zero-order valence-corrected chi connectivity index (χ0v) is 10.5. The molecular weight excluding hydrogens is 343 g/mol. The molecule has 0 aliphatic carbocycles. The van der Waals surface area contributed by atoms with E-state index in [1.165, 1.54) is 0 Å². The van der Waals surface area contributed by atoms with Gasteiger partial charge in [-0.15, -0.1) is 17.0 Å². The van der Waals surface area contributed by atoms with Crippen molar-refractivity contribution in [3.8, 4) is 0 Å². The van der Waals surface area contributed by atoms with Gasteiger partial charge in [-0.1, -0.05) is 15.9 Å². The molecule has 1 heterocycles. The second kappa shape index (κ2) is 5.60. The Morgan fingerprint density at radius 1 is 1.47 bits per heavy atom. The highest BCUT2D eigenvalue weighted by atomic mass is 79.9. The lowest BCUT2D eigenvalue weighted by Gasteiger charge is -2.09. The minimum absolute atomic E-state index is 0. The largest absolute Gasteiger partial charge is 0.418 e. The standard InChI is InChI=1S/C8H5BrF3NO.BrH/c9-4-6(14)7-5(8(10,11)12)2-1-3-13-7;/h1-3H,4H2;1H. The summed E-state index contributed by atoms with van der Waals surface area (Å²) in [7, 11) is 0. The molecule has 0 radical (unpaired) electrons. The van der Waals surface area contributed by atoms with Gasteiger partial charge in [0.1, 0.15) is 5.69 Å². The van der Waals surface area contributed by atoms with Crippen LogP contribution < -0.4 is 0 Å². The molecule has 0 saturated heterocycles. The molecule has 84 valence electrons. The predicted octanol–water partition coefficient (Wildman–Crippen LogP) is 3.26. The molecule has 0 amide bonds. The van der Waals surface area contributed by atoms with Crippen LogP contribution in [-0.4, -0.2) is 16.1 Å². The molecule has 0 aliphatic rings. The Balaban J connectivity index is 0.00000196. The highest BCUT2D eigenvalue weighted by Crippen LogP contribution is 2.31. The molecule has 0 spiro atoms. The van der Waals surface area contributed by atoms with Gasteiger partial charge in [-0.25, -0.2) is 0 Å². The van der Waals surface area contributed by atoms with Gasteiger partial charge in [0.05, 0.1) is 10.9 Å². The number of aromatic nitrogens is 1. The number of ketones is 1. The van der Waals surface area contributed by atoms with E-state index in [1.54, 1.807) is 0 Å². The van der Waals surface area contributed by atoms with Crippen LogP contribution in [-0.2, 0) is 6.18 Å². The molecule has 0 fully saturated rings. The van der Waals surface area contributed by atoms with E-state index in [1.807, 2.05) is 0 Å². The van der Waals surface area contributed by atoms with Gasteiger partial charge in [0.2, 0.25) is 0 Å². The van der Waals surface area contributed by atoms with E-state index >= 15 is 0 Å². The highest BCUT2D eigenvalue weighted by molar-refractivity contribution is 9.09. The first-order valence-corrected chi connectivity index (χ1v) is 4.70. The lowest BCUT2D eigenvalue weighted by Crippen LogP contribution is -2.15. The Morgan fingerprint density at radius 2 is 2.07 bits per heavy atom. The number of rotatable bonds is 2. The van der Waals surface area contributed by atoms with Gasteiger partial charge in [0, 0.05) is 6.20 Å². The maximum Gasteiger partial charge on any atom is 0.418 e. The summed E-state index contributed by atoms with van der Waals surface area (Å²) in [6.45, 7) is 0. The zero-order chi connectivity index (χ0) is 10.8. The number of halogens is 5. The molecule has 0 saturated carbocycles. The summed E-state index contributed by atoms with van der Waals surface area (Å²) in [4.78, 5) is 14.5. The molecular formula is C8H6Br2F3NO.